The molecule has 1 N–H and O–H groups in total. The van der Waals surface area contributed by atoms with Gasteiger partial charge in [-0.15, -0.1) is 11.3 Å². The summed E-state index contributed by atoms with van der Waals surface area (Å²) in [6.45, 7) is 10.6. The Hall–Kier alpha value is -0.940. The molecule has 5 heteroatoms. The van der Waals surface area contributed by atoms with Gasteiger partial charge in [0, 0.05) is 11.1 Å². The zero-order valence-corrected chi connectivity index (χ0v) is 11.8. The number of nitrogens with zero attached hydrogens (tertiary/aromatic N) is 2. The van der Waals surface area contributed by atoms with Crippen molar-refractivity contribution in [1.82, 2.24) is 9.88 Å². The molecule has 0 radical (unpaired) electrons. The summed E-state index contributed by atoms with van der Waals surface area (Å²) in [6.07, 6.45) is 1.84. The van der Waals surface area contributed by atoms with Crippen LogP contribution < -0.4 is 5.32 Å². The summed E-state index contributed by atoms with van der Waals surface area (Å²) in [4.78, 5) is 19.2. The first kappa shape index (κ1) is 14.1. The molecule has 1 aromatic heterocycles. The topological polar surface area (TPSA) is 45.2 Å². The normalized spacial score (nSPS) is 11.2. The molecule has 17 heavy (non-hydrogen) atoms. The average molecular weight is 255 g/mol. The molecule has 0 atom stereocenters. The van der Waals surface area contributed by atoms with Gasteiger partial charge in [-0.1, -0.05) is 27.7 Å². The van der Waals surface area contributed by atoms with Crippen molar-refractivity contribution in [3.8, 4) is 0 Å². The van der Waals surface area contributed by atoms with Crippen LogP contribution >= 0.6 is 11.3 Å². The number of aromatic nitrogens is 1. The first-order valence-electron chi connectivity index (χ1n) is 6.04. The van der Waals surface area contributed by atoms with Crippen molar-refractivity contribution in [2.45, 2.75) is 33.6 Å². The maximum atomic E-state index is 11.7. The number of hydrogen-bond donors (Lipinski definition) is 1. The van der Waals surface area contributed by atoms with Crippen molar-refractivity contribution in [3.05, 3.63) is 11.1 Å². The van der Waals surface area contributed by atoms with Gasteiger partial charge in [0.25, 0.3) is 0 Å². The molecule has 0 saturated heterocycles. The highest BCUT2D eigenvalue weighted by Gasteiger charge is 2.10. The van der Waals surface area contributed by atoms with Gasteiger partial charge >= 0.3 is 0 Å². The minimum Gasteiger partial charge on any atom is -0.301 e. The predicted octanol–water partition coefficient (Wildman–Crippen LogP) is 2.55. The lowest BCUT2D eigenvalue weighted by atomic mass is 10.2. The van der Waals surface area contributed by atoms with E-state index in [1.54, 1.807) is 11.3 Å². The maximum absolute atomic E-state index is 11.7. The van der Waals surface area contributed by atoms with E-state index in [2.05, 4.69) is 42.9 Å². The number of hydrogen-bond acceptors (Lipinski definition) is 4. The third-order valence-corrected chi connectivity index (χ3v) is 3.81. The largest absolute Gasteiger partial charge is 0.301 e. The SMILES string of the molecule is CCN(CC)CC(=O)Nc1ncc(C(C)C)s1. The van der Waals surface area contributed by atoms with E-state index in [1.165, 1.54) is 4.88 Å². The fraction of sp³-hybridized carbons (Fsp3) is 0.667. The maximum Gasteiger partial charge on any atom is 0.240 e. The molecule has 0 aromatic carbocycles. The molecule has 0 aliphatic heterocycles. The van der Waals surface area contributed by atoms with Gasteiger partial charge in [-0.25, -0.2) is 4.98 Å². The summed E-state index contributed by atoms with van der Waals surface area (Å²) >= 11 is 1.55. The van der Waals surface area contributed by atoms with E-state index in [9.17, 15) is 4.79 Å². The summed E-state index contributed by atoms with van der Waals surface area (Å²) < 4.78 is 0. The van der Waals surface area contributed by atoms with Gasteiger partial charge < -0.3 is 5.32 Å². The van der Waals surface area contributed by atoms with Crippen LogP contribution in [-0.4, -0.2) is 35.4 Å². The molecular formula is C12H21N3OS. The van der Waals surface area contributed by atoms with Crippen molar-refractivity contribution in [3.63, 3.8) is 0 Å². The van der Waals surface area contributed by atoms with Crippen LogP contribution in [0.15, 0.2) is 6.20 Å². The molecule has 0 aliphatic rings. The highest BCUT2D eigenvalue weighted by Crippen LogP contribution is 2.24. The van der Waals surface area contributed by atoms with Crippen LogP contribution in [0.2, 0.25) is 0 Å². The molecule has 0 fully saturated rings. The first-order chi connectivity index (χ1) is 8.06. The lowest BCUT2D eigenvalue weighted by Crippen LogP contribution is -2.32. The molecular weight excluding hydrogens is 234 g/mol. The molecule has 0 bridgehead atoms. The van der Waals surface area contributed by atoms with Gasteiger partial charge in [-0.2, -0.15) is 0 Å². The lowest BCUT2D eigenvalue weighted by Gasteiger charge is -2.16. The summed E-state index contributed by atoms with van der Waals surface area (Å²) in [6, 6.07) is 0. The minimum atomic E-state index is 0.0124. The number of likely N-dealkylation sites (N-methyl/N-ethyl adjacent to an activating group) is 1. The number of nitrogens with one attached hydrogen (secondary N) is 1. The number of rotatable bonds is 6. The van der Waals surface area contributed by atoms with Gasteiger partial charge in [0.05, 0.1) is 6.54 Å². The molecule has 96 valence electrons. The van der Waals surface area contributed by atoms with Crippen LogP contribution in [0.4, 0.5) is 5.13 Å². The van der Waals surface area contributed by atoms with Gasteiger partial charge in [0.1, 0.15) is 0 Å². The fourth-order valence-corrected chi connectivity index (χ4v) is 2.26. The third-order valence-electron chi connectivity index (χ3n) is 2.60. The van der Waals surface area contributed by atoms with E-state index >= 15 is 0 Å². The zero-order chi connectivity index (χ0) is 12.8. The second-order valence-electron chi connectivity index (χ2n) is 4.23. The van der Waals surface area contributed by atoms with Crippen molar-refractivity contribution in [2.75, 3.05) is 25.0 Å². The summed E-state index contributed by atoms with van der Waals surface area (Å²) in [5.41, 5.74) is 0. The molecule has 0 saturated carbocycles. The number of carbonyl (C=O) groups is 1. The molecule has 0 unspecified atom stereocenters. The number of carbonyl (C=O) groups excluding carboxylic acids is 1. The van der Waals surface area contributed by atoms with E-state index < -0.39 is 0 Å². The van der Waals surface area contributed by atoms with E-state index in [1.807, 2.05) is 6.20 Å². The standard InChI is InChI=1S/C12H21N3OS/c1-5-15(6-2)8-11(16)14-12-13-7-10(17-12)9(3)4/h7,9H,5-6,8H2,1-4H3,(H,13,14,16). The van der Waals surface area contributed by atoms with Crippen molar-refractivity contribution in [1.29, 1.82) is 0 Å². The molecule has 0 spiro atoms. The van der Waals surface area contributed by atoms with Crippen LogP contribution in [0, 0.1) is 0 Å². The summed E-state index contributed by atoms with van der Waals surface area (Å²) in [5, 5.41) is 3.54. The summed E-state index contributed by atoms with van der Waals surface area (Å²) in [5.74, 6) is 0.472. The van der Waals surface area contributed by atoms with Gasteiger partial charge in [0.2, 0.25) is 5.91 Å². The Labute approximate surface area is 107 Å². The summed E-state index contributed by atoms with van der Waals surface area (Å²) in [7, 11) is 0. The van der Waals surface area contributed by atoms with Crippen LogP contribution in [0.25, 0.3) is 0 Å². The highest BCUT2D eigenvalue weighted by atomic mass is 32.1. The molecule has 1 rings (SSSR count). The number of amides is 1. The van der Waals surface area contributed by atoms with Gasteiger partial charge in [-0.05, 0) is 19.0 Å². The smallest absolute Gasteiger partial charge is 0.240 e. The molecule has 1 amide bonds. The van der Waals surface area contributed by atoms with E-state index in [4.69, 9.17) is 0 Å². The Kier molecular flexibility index (Phi) is 5.58. The number of anilines is 1. The van der Waals surface area contributed by atoms with E-state index in [0.717, 1.165) is 13.1 Å². The minimum absolute atomic E-state index is 0.0124. The van der Waals surface area contributed by atoms with Crippen LogP contribution in [0.3, 0.4) is 0 Å². The Morgan fingerprint density at radius 3 is 2.59 bits per heavy atom. The Balaban J connectivity index is 2.50. The van der Waals surface area contributed by atoms with Crippen LogP contribution in [0.5, 0.6) is 0 Å². The van der Waals surface area contributed by atoms with Gasteiger partial charge in [0.15, 0.2) is 5.13 Å². The first-order valence-corrected chi connectivity index (χ1v) is 6.86. The number of thiazole rings is 1. The second-order valence-corrected chi connectivity index (χ2v) is 5.29. The molecule has 1 heterocycles. The van der Waals surface area contributed by atoms with Crippen molar-refractivity contribution >= 4 is 22.4 Å². The second kappa shape index (κ2) is 6.71. The van der Waals surface area contributed by atoms with E-state index in [0.29, 0.717) is 17.6 Å². The molecule has 1 aromatic rings. The monoisotopic (exact) mass is 255 g/mol. The average Bonchev–Trinajstić information content (AvgIpc) is 2.74. The predicted molar refractivity (Wildman–Crippen MR) is 72.6 cm³/mol. The third kappa shape index (κ3) is 4.44. The Bertz CT molecular complexity index is 358. The van der Waals surface area contributed by atoms with Crippen molar-refractivity contribution < 1.29 is 4.79 Å². The molecule has 0 aliphatic carbocycles. The van der Waals surface area contributed by atoms with Crippen molar-refractivity contribution in [2.24, 2.45) is 0 Å². The zero-order valence-electron chi connectivity index (χ0n) is 11.0. The van der Waals surface area contributed by atoms with Crippen LogP contribution in [-0.2, 0) is 4.79 Å². The fourth-order valence-electron chi connectivity index (χ4n) is 1.42. The Morgan fingerprint density at radius 1 is 1.47 bits per heavy atom. The van der Waals surface area contributed by atoms with Gasteiger partial charge in [-0.3, -0.25) is 9.69 Å². The Morgan fingerprint density at radius 2 is 2.12 bits per heavy atom. The highest BCUT2D eigenvalue weighted by molar-refractivity contribution is 7.15. The lowest BCUT2D eigenvalue weighted by molar-refractivity contribution is -0.117. The quantitative estimate of drug-likeness (QED) is 0.849. The van der Waals surface area contributed by atoms with E-state index in [-0.39, 0.29) is 5.91 Å². The molecule has 4 nitrogen and oxygen atoms in total. The van der Waals surface area contributed by atoms with Crippen LogP contribution in [0.1, 0.15) is 38.5 Å².